The zero-order valence-corrected chi connectivity index (χ0v) is 14.3. The number of rotatable bonds is 5. The number of carbonyl (C=O) groups excluding carboxylic acids is 1. The van der Waals surface area contributed by atoms with Crippen LogP contribution in [0.4, 0.5) is 4.39 Å². The van der Waals surface area contributed by atoms with Crippen molar-refractivity contribution < 1.29 is 13.9 Å². The number of amides is 1. The van der Waals surface area contributed by atoms with E-state index in [-0.39, 0.29) is 23.7 Å². The highest BCUT2D eigenvalue weighted by Crippen LogP contribution is 2.34. The highest BCUT2D eigenvalue weighted by Gasteiger charge is 2.43. The maximum Gasteiger partial charge on any atom is 0.271 e. The fraction of sp³-hybridized carbons (Fsp3) is 0.421. The Morgan fingerprint density at radius 1 is 1.31 bits per heavy atom. The maximum atomic E-state index is 13.9. The van der Waals surface area contributed by atoms with Gasteiger partial charge in [-0.2, -0.15) is 0 Å². The fourth-order valence-electron chi connectivity index (χ4n) is 3.82. The average Bonchev–Trinajstić information content (AvgIpc) is 3.23. The molecule has 1 N–H and O–H groups in total. The van der Waals surface area contributed by atoms with Gasteiger partial charge in [0.25, 0.3) is 5.91 Å². The van der Waals surface area contributed by atoms with Crippen molar-refractivity contribution in [3.63, 3.8) is 0 Å². The van der Waals surface area contributed by atoms with Gasteiger partial charge in [0, 0.05) is 56.0 Å². The molecule has 0 aliphatic carbocycles. The number of halogens is 1. The Kier molecular flexibility index (Phi) is 4.90. The lowest BCUT2D eigenvalue weighted by molar-refractivity contribution is 0.0900. The summed E-state index contributed by atoms with van der Waals surface area (Å²) in [6, 6.07) is 6.88. The zero-order chi connectivity index (χ0) is 17.9. The van der Waals surface area contributed by atoms with Gasteiger partial charge in [0.1, 0.15) is 11.5 Å². The van der Waals surface area contributed by atoms with E-state index in [9.17, 15) is 9.18 Å². The van der Waals surface area contributed by atoms with E-state index in [1.807, 2.05) is 12.1 Å². The molecule has 3 atom stereocenters. The molecule has 2 aromatic rings. The maximum absolute atomic E-state index is 13.9. The molecule has 1 aromatic heterocycles. The van der Waals surface area contributed by atoms with E-state index in [0.717, 1.165) is 13.1 Å². The van der Waals surface area contributed by atoms with Gasteiger partial charge >= 0.3 is 0 Å². The lowest BCUT2D eigenvalue weighted by Crippen LogP contribution is -2.34. The van der Waals surface area contributed by atoms with Crippen LogP contribution in [0, 0.1) is 17.7 Å². The minimum atomic E-state index is -0.220. The summed E-state index contributed by atoms with van der Waals surface area (Å²) in [6.45, 7) is 3.42. The first kappa shape index (κ1) is 17.1. The molecule has 1 amide bonds. The van der Waals surface area contributed by atoms with Gasteiger partial charge in [-0.15, -0.1) is 0 Å². The topological polar surface area (TPSA) is 67.3 Å². The van der Waals surface area contributed by atoms with E-state index >= 15 is 0 Å². The Labute approximate surface area is 151 Å². The smallest absolute Gasteiger partial charge is 0.271 e. The standard InChI is InChI=1S/C19H21FN4O2/c20-16-4-2-1-3-13(16)9-24-10-15-14(12-26-18(15)11-24)7-23-19(25)17-8-21-5-6-22-17/h1-6,8,14-15,18H,7,9-12H2,(H,23,25)/t14-,15-,18-/m1/s1. The number of fused-ring (bicyclic) bond motifs is 1. The summed E-state index contributed by atoms with van der Waals surface area (Å²) >= 11 is 0. The van der Waals surface area contributed by atoms with Gasteiger partial charge in [-0.05, 0) is 6.07 Å². The Hall–Kier alpha value is -2.38. The summed E-state index contributed by atoms with van der Waals surface area (Å²) in [6.07, 6.45) is 4.64. The third-order valence-corrected chi connectivity index (χ3v) is 5.19. The summed E-state index contributed by atoms with van der Waals surface area (Å²) < 4.78 is 19.8. The van der Waals surface area contributed by atoms with Crippen molar-refractivity contribution in [2.24, 2.45) is 11.8 Å². The van der Waals surface area contributed by atoms with Gasteiger partial charge in [-0.1, -0.05) is 18.2 Å². The van der Waals surface area contributed by atoms with Crippen molar-refractivity contribution in [1.29, 1.82) is 0 Å². The summed E-state index contributed by atoms with van der Waals surface area (Å²) in [7, 11) is 0. The highest BCUT2D eigenvalue weighted by atomic mass is 19.1. The minimum absolute atomic E-state index is 0.153. The summed E-state index contributed by atoms with van der Waals surface area (Å²) in [5.41, 5.74) is 1.02. The fourth-order valence-corrected chi connectivity index (χ4v) is 3.82. The number of aromatic nitrogens is 2. The molecule has 1 aromatic carbocycles. The predicted molar refractivity (Wildman–Crippen MR) is 92.8 cm³/mol. The highest BCUT2D eigenvalue weighted by molar-refractivity contribution is 5.91. The third kappa shape index (κ3) is 3.59. The normalized spacial score (nSPS) is 25.2. The van der Waals surface area contributed by atoms with Crippen molar-refractivity contribution in [2.45, 2.75) is 12.6 Å². The SMILES string of the molecule is O=C(NC[C@@H]1CO[C@@H]2CN(Cc3ccccc3F)C[C@H]12)c1cnccn1. The van der Waals surface area contributed by atoms with Crippen molar-refractivity contribution in [1.82, 2.24) is 20.2 Å². The first-order valence-corrected chi connectivity index (χ1v) is 8.82. The average molecular weight is 356 g/mol. The molecule has 0 radical (unpaired) electrons. The van der Waals surface area contributed by atoms with Crippen molar-refractivity contribution >= 4 is 5.91 Å². The van der Waals surface area contributed by atoms with Crippen LogP contribution in [0.25, 0.3) is 0 Å². The van der Waals surface area contributed by atoms with Crippen LogP contribution in [0.2, 0.25) is 0 Å². The van der Waals surface area contributed by atoms with Crippen LogP contribution < -0.4 is 5.32 Å². The second kappa shape index (κ2) is 7.47. The molecule has 0 unspecified atom stereocenters. The quantitative estimate of drug-likeness (QED) is 0.879. The molecule has 2 fully saturated rings. The summed E-state index contributed by atoms with van der Waals surface area (Å²) in [5.74, 6) is 0.219. The van der Waals surface area contributed by atoms with E-state index in [1.54, 1.807) is 6.07 Å². The van der Waals surface area contributed by atoms with Gasteiger partial charge in [-0.25, -0.2) is 9.37 Å². The third-order valence-electron chi connectivity index (χ3n) is 5.19. The number of carbonyl (C=O) groups is 1. The van der Waals surface area contributed by atoms with Gasteiger partial charge in [-0.3, -0.25) is 14.7 Å². The second-order valence-electron chi connectivity index (χ2n) is 6.88. The monoisotopic (exact) mass is 356 g/mol. The molecule has 0 spiro atoms. The van der Waals surface area contributed by atoms with Crippen LogP contribution in [0.3, 0.4) is 0 Å². The van der Waals surface area contributed by atoms with Crippen LogP contribution in [0.1, 0.15) is 16.1 Å². The largest absolute Gasteiger partial charge is 0.376 e. The summed E-state index contributed by atoms with van der Waals surface area (Å²) in [5, 5.41) is 2.93. The molecule has 7 heteroatoms. The van der Waals surface area contributed by atoms with E-state index in [0.29, 0.717) is 36.9 Å². The molecule has 0 bridgehead atoms. The Morgan fingerprint density at radius 2 is 2.19 bits per heavy atom. The van der Waals surface area contributed by atoms with E-state index in [1.165, 1.54) is 24.7 Å². The number of hydrogen-bond donors (Lipinski definition) is 1. The van der Waals surface area contributed by atoms with Gasteiger partial charge in [0.2, 0.25) is 0 Å². The number of hydrogen-bond acceptors (Lipinski definition) is 5. The zero-order valence-electron chi connectivity index (χ0n) is 14.3. The minimum Gasteiger partial charge on any atom is -0.376 e. The molecule has 4 rings (SSSR count). The first-order valence-electron chi connectivity index (χ1n) is 8.82. The number of nitrogens with zero attached hydrogens (tertiary/aromatic N) is 3. The Morgan fingerprint density at radius 3 is 3.00 bits per heavy atom. The lowest BCUT2D eigenvalue weighted by atomic mass is 9.93. The predicted octanol–water partition coefficient (Wildman–Crippen LogP) is 1.49. The van der Waals surface area contributed by atoms with Crippen LogP contribution in [0.5, 0.6) is 0 Å². The molecule has 3 heterocycles. The van der Waals surface area contributed by atoms with Crippen LogP contribution in [-0.2, 0) is 11.3 Å². The van der Waals surface area contributed by atoms with Gasteiger partial charge in [0.15, 0.2) is 0 Å². The molecule has 2 saturated heterocycles. The molecule has 2 aliphatic rings. The van der Waals surface area contributed by atoms with E-state index in [2.05, 4.69) is 20.2 Å². The van der Waals surface area contributed by atoms with E-state index < -0.39 is 0 Å². The van der Waals surface area contributed by atoms with Crippen LogP contribution in [-0.4, -0.2) is 53.1 Å². The van der Waals surface area contributed by atoms with Crippen LogP contribution in [0.15, 0.2) is 42.9 Å². The van der Waals surface area contributed by atoms with Crippen LogP contribution >= 0.6 is 0 Å². The number of nitrogens with one attached hydrogen (secondary N) is 1. The summed E-state index contributed by atoms with van der Waals surface area (Å²) in [4.78, 5) is 22.3. The molecule has 6 nitrogen and oxygen atoms in total. The molecular formula is C19H21FN4O2. The molecule has 0 saturated carbocycles. The first-order chi connectivity index (χ1) is 12.7. The van der Waals surface area contributed by atoms with Gasteiger partial charge in [0.05, 0.1) is 18.9 Å². The Bertz CT molecular complexity index is 773. The second-order valence-corrected chi connectivity index (χ2v) is 6.88. The molecule has 2 aliphatic heterocycles. The van der Waals surface area contributed by atoms with E-state index in [4.69, 9.17) is 4.74 Å². The Balaban J connectivity index is 1.32. The van der Waals surface area contributed by atoms with Crippen molar-refractivity contribution in [2.75, 3.05) is 26.2 Å². The number of likely N-dealkylation sites (tertiary alicyclic amines) is 1. The number of ether oxygens (including phenoxy) is 1. The molecule has 136 valence electrons. The van der Waals surface area contributed by atoms with Crippen molar-refractivity contribution in [3.8, 4) is 0 Å². The molecule has 26 heavy (non-hydrogen) atoms. The number of benzene rings is 1. The van der Waals surface area contributed by atoms with Crippen molar-refractivity contribution in [3.05, 3.63) is 59.9 Å². The lowest BCUT2D eigenvalue weighted by Gasteiger charge is -2.20. The van der Waals surface area contributed by atoms with Gasteiger partial charge < -0.3 is 10.1 Å². The molecular weight excluding hydrogens is 335 g/mol.